The number of nitro benzene ring substituents is 1. The maximum Gasteiger partial charge on any atom is 0.269 e. The molecule has 0 heterocycles. The summed E-state index contributed by atoms with van der Waals surface area (Å²) in [6, 6.07) is 20.6. The monoisotopic (exact) mass is 471 g/mol. The molecule has 0 unspecified atom stereocenters. The van der Waals surface area contributed by atoms with Gasteiger partial charge in [-0.2, -0.15) is 0 Å². The molecule has 0 spiro atoms. The van der Waals surface area contributed by atoms with E-state index in [0.29, 0.717) is 32.8 Å². The highest BCUT2D eigenvalue weighted by atomic mass is 35.5. The van der Waals surface area contributed by atoms with Crippen molar-refractivity contribution in [1.82, 2.24) is 5.32 Å². The highest BCUT2D eigenvalue weighted by Crippen LogP contribution is 2.32. The number of halogens is 1. The van der Waals surface area contributed by atoms with E-state index in [1.54, 1.807) is 12.1 Å². The minimum Gasteiger partial charge on any atom is -0.490 e. The number of aryl methyl sites for hydroxylation is 1. The molecule has 176 valence electrons. The molecule has 0 saturated carbocycles. The maximum absolute atomic E-state index is 10.7. The number of nitrogens with zero attached hydrogens (tertiary/aromatic N) is 1. The predicted octanol–water partition coefficient (Wildman–Crippen LogP) is 5.50. The number of anilines is 1. The van der Waals surface area contributed by atoms with Gasteiger partial charge >= 0.3 is 0 Å². The van der Waals surface area contributed by atoms with E-state index in [1.165, 1.54) is 17.7 Å². The van der Waals surface area contributed by atoms with Crippen molar-refractivity contribution in [1.29, 1.82) is 0 Å². The minimum absolute atomic E-state index is 0. The summed E-state index contributed by atoms with van der Waals surface area (Å²) >= 11 is 0. The number of nitrogens with one attached hydrogen (secondary N) is 2. The first kappa shape index (κ1) is 26.0. The van der Waals surface area contributed by atoms with Crippen LogP contribution in [-0.2, 0) is 13.2 Å². The fourth-order valence-corrected chi connectivity index (χ4v) is 3.19. The van der Waals surface area contributed by atoms with Crippen molar-refractivity contribution in [2.24, 2.45) is 0 Å². The second-order valence-electron chi connectivity index (χ2n) is 7.36. The average molecular weight is 472 g/mol. The van der Waals surface area contributed by atoms with Crippen LogP contribution in [0.5, 0.6) is 11.5 Å². The Kier molecular flexibility index (Phi) is 10.5. The molecule has 0 radical (unpaired) electrons. The van der Waals surface area contributed by atoms with Gasteiger partial charge in [-0.05, 0) is 37.6 Å². The molecule has 0 bridgehead atoms. The van der Waals surface area contributed by atoms with Crippen molar-refractivity contribution >= 4 is 23.8 Å². The van der Waals surface area contributed by atoms with E-state index in [2.05, 4.69) is 41.8 Å². The summed E-state index contributed by atoms with van der Waals surface area (Å²) in [4.78, 5) is 10.3. The van der Waals surface area contributed by atoms with Gasteiger partial charge in [0.1, 0.15) is 6.61 Å². The summed E-state index contributed by atoms with van der Waals surface area (Å²) < 4.78 is 12.0. The average Bonchev–Trinajstić information content (AvgIpc) is 2.80. The lowest BCUT2D eigenvalue weighted by Gasteiger charge is -2.17. The van der Waals surface area contributed by atoms with Crippen LogP contribution < -0.4 is 20.1 Å². The van der Waals surface area contributed by atoms with E-state index in [1.807, 2.05) is 25.1 Å². The minimum atomic E-state index is -0.403. The Balaban J connectivity index is 0.00000385. The molecule has 0 aliphatic carbocycles. The second-order valence-corrected chi connectivity index (χ2v) is 7.36. The summed E-state index contributed by atoms with van der Waals surface area (Å²) in [5.41, 5.74) is 4.28. The molecule has 2 N–H and O–H groups in total. The first-order valence-electron chi connectivity index (χ1n) is 10.7. The van der Waals surface area contributed by atoms with Gasteiger partial charge in [-0.15, -0.1) is 12.4 Å². The summed E-state index contributed by atoms with van der Waals surface area (Å²) in [5.74, 6) is 1.49. The van der Waals surface area contributed by atoms with Crippen LogP contribution in [0.4, 0.5) is 11.4 Å². The molecular weight excluding hydrogens is 442 g/mol. The van der Waals surface area contributed by atoms with Crippen LogP contribution in [0.1, 0.15) is 23.6 Å². The standard InChI is InChI=1S/C25H29N3O4.ClH/c1-3-31-24-6-4-5-21(25(24)32-18-20-9-7-19(2)8-10-20)17-26-15-16-27-22-11-13-23(14-12-22)28(29)30;/h4-14,26-27H,3,15-18H2,1-2H3;1H. The van der Waals surface area contributed by atoms with Crippen LogP contribution in [0.2, 0.25) is 0 Å². The van der Waals surface area contributed by atoms with E-state index in [4.69, 9.17) is 9.47 Å². The smallest absolute Gasteiger partial charge is 0.269 e. The molecular formula is C25H30ClN3O4. The summed E-state index contributed by atoms with van der Waals surface area (Å²) in [6.07, 6.45) is 0. The SMILES string of the molecule is CCOc1cccc(CNCCNc2ccc([N+](=O)[O-])cc2)c1OCc1ccc(C)cc1.Cl. The first-order chi connectivity index (χ1) is 15.6. The quantitative estimate of drug-likeness (QED) is 0.206. The van der Waals surface area contributed by atoms with Gasteiger partial charge in [0.15, 0.2) is 11.5 Å². The molecule has 0 saturated heterocycles. The topological polar surface area (TPSA) is 85.7 Å². The Morgan fingerprint density at radius 1 is 0.939 bits per heavy atom. The second kappa shape index (κ2) is 13.3. The van der Waals surface area contributed by atoms with Crippen molar-refractivity contribution in [3.8, 4) is 11.5 Å². The van der Waals surface area contributed by atoms with Crippen LogP contribution in [0.25, 0.3) is 0 Å². The Morgan fingerprint density at radius 2 is 1.67 bits per heavy atom. The van der Waals surface area contributed by atoms with E-state index in [0.717, 1.165) is 28.3 Å². The number of hydrogen-bond acceptors (Lipinski definition) is 6. The van der Waals surface area contributed by atoms with Gasteiger partial charge in [0.2, 0.25) is 0 Å². The number of para-hydroxylation sites is 1. The van der Waals surface area contributed by atoms with Crippen LogP contribution in [0.3, 0.4) is 0 Å². The van der Waals surface area contributed by atoms with Gasteiger partial charge < -0.3 is 20.1 Å². The molecule has 0 aromatic heterocycles. The predicted molar refractivity (Wildman–Crippen MR) is 134 cm³/mol. The summed E-state index contributed by atoms with van der Waals surface area (Å²) in [5, 5.41) is 17.4. The van der Waals surface area contributed by atoms with Gasteiger partial charge in [-0.25, -0.2) is 0 Å². The summed E-state index contributed by atoms with van der Waals surface area (Å²) in [6.45, 7) is 7.09. The van der Waals surface area contributed by atoms with Gasteiger partial charge in [0.25, 0.3) is 5.69 Å². The highest BCUT2D eigenvalue weighted by Gasteiger charge is 2.11. The lowest BCUT2D eigenvalue weighted by atomic mass is 10.1. The third-order valence-corrected chi connectivity index (χ3v) is 4.89. The molecule has 3 rings (SSSR count). The molecule has 0 atom stereocenters. The Bertz CT molecular complexity index is 1010. The number of rotatable bonds is 12. The third kappa shape index (κ3) is 7.97. The molecule has 0 aliphatic rings. The van der Waals surface area contributed by atoms with Crippen molar-refractivity contribution in [3.63, 3.8) is 0 Å². The number of non-ortho nitro benzene ring substituents is 1. The lowest BCUT2D eigenvalue weighted by molar-refractivity contribution is -0.384. The fraction of sp³-hybridized carbons (Fsp3) is 0.280. The number of hydrogen-bond donors (Lipinski definition) is 2. The van der Waals surface area contributed by atoms with Crippen LogP contribution in [-0.4, -0.2) is 24.6 Å². The molecule has 7 nitrogen and oxygen atoms in total. The van der Waals surface area contributed by atoms with Gasteiger partial charge in [-0.3, -0.25) is 10.1 Å². The normalized spacial score (nSPS) is 10.2. The van der Waals surface area contributed by atoms with Crippen molar-refractivity contribution < 1.29 is 14.4 Å². The van der Waals surface area contributed by atoms with Gasteiger partial charge in [0.05, 0.1) is 11.5 Å². The van der Waals surface area contributed by atoms with E-state index in [-0.39, 0.29) is 18.1 Å². The number of ether oxygens (including phenoxy) is 2. The number of benzene rings is 3. The Morgan fingerprint density at radius 3 is 2.33 bits per heavy atom. The molecule has 3 aromatic carbocycles. The Labute approximate surface area is 200 Å². The van der Waals surface area contributed by atoms with Crippen molar-refractivity contribution in [2.75, 3.05) is 25.0 Å². The fourth-order valence-electron chi connectivity index (χ4n) is 3.19. The van der Waals surface area contributed by atoms with Crippen molar-refractivity contribution in [2.45, 2.75) is 27.0 Å². The first-order valence-corrected chi connectivity index (χ1v) is 10.7. The zero-order chi connectivity index (χ0) is 22.8. The lowest BCUT2D eigenvalue weighted by Crippen LogP contribution is -2.22. The van der Waals surface area contributed by atoms with Crippen molar-refractivity contribution in [3.05, 3.63) is 93.5 Å². The van der Waals surface area contributed by atoms with Crippen LogP contribution in [0, 0.1) is 17.0 Å². The van der Waals surface area contributed by atoms with Crippen LogP contribution in [0.15, 0.2) is 66.7 Å². The Hall–Kier alpha value is -3.29. The zero-order valence-electron chi connectivity index (χ0n) is 18.9. The molecule has 33 heavy (non-hydrogen) atoms. The van der Waals surface area contributed by atoms with E-state index < -0.39 is 4.92 Å². The summed E-state index contributed by atoms with van der Waals surface area (Å²) in [7, 11) is 0. The number of nitro groups is 1. The third-order valence-electron chi connectivity index (χ3n) is 4.89. The molecule has 8 heteroatoms. The van der Waals surface area contributed by atoms with Gasteiger partial charge in [-0.1, -0.05) is 42.0 Å². The zero-order valence-corrected chi connectivity index (χ0v) is 19.7. The largest absolute Gasteiger partial charge is 0.490 e. The molecule has 0 fully saturated rings. The highest BCUT2D eigenvalue weighted by molar-refractivity contribution is 5.85. The molecule has 0 aliphatic heterocycles. The van der Waals surface area contributed by atoms with Gasteiger partial charge in [0, 0.05) is 43.0 Å². The van der Waals surface area contributed by atoms with Crippen LogP contribution >= 0.6 is 12.4 Å². The molecule has 3 aromatic rings. The molecule has 0 amide bonds. The van der Waals surface area contributed by atoms with E-state index >= 15 is 0 Å². The maximum atomic E-state index is 10.7. The van der Waals surface area contributed by atoms with E-state index in [9.17, 15) is 10.1 Å².